The average molecular weight is 391 g/mol. The van der Waals surface area contributed by atoms with Gasteiger partial charge in [0.25, 0.3) is 5.91 Å². The molecule has 0 fully saturated rings. The Kier molecular flexibility index (Phi) is 6.55. The number of ketones is 1. The van der Waals surface area contributed by atoms with Gasteiger partial charge in [-0.2, -0.15) is 0 Å². The number of hydrogen-bond donors (Lipinski definition) is 2. The third-order valence-electron chi connectivity index (χ3n) is 3.44. The van der Waals surface area contributed by atoms with Gasteiger partial charge in [0, 0.05) is 27.9 Å². The number of nitrogens with one attached hydrogen (secondary N) is 2. The fourth-order valence-corrected chi connectivity index (χ4v) is 2.50. The summed E-state index contributed by atoms with van der Waals surface area (Å²) in [5.41, 5.74) is 1.68. The number of halogens is 2. The van der Waals surface area contributed by atoms with E-state index < -0.39 is 11.8 Å². The largest absolute Gasteiger partial charge is 0.322 e. The molecule has 5 nitrogen and oxygen atoms in total. The topological polar surface area (TPSA) is 75.3 Å². The first-order valence-corrected chi connectivity index (χ1v) is 8.38. The molecule has 2 N–H and O–H groups in total. The van der Waals surface area contributed by atoms with E-state index in [0.717, 1.165) is 0 Å². The number of carbonyl (C=O) groups excluding carboxylic acids is 3. The number of Topliss-reactive ketones (excluding diaryl/α,β-unsaturated/α-hetero) is 1. The van der Waals surface area contributed by atoms with Crippen LogP contribution in [0.5, 0.6) is 0 Å². The molecular formula is C19H16Cl2N2O3. The maximum Gasteiger partial charge on any atom is 0.251 e. The van der Waals surface area contributed by atoms with Crippen molar-refractivity contribution in [3.63, 3.8) is 0 Å². The molecule has 0 radical (unpaired) electrons. The SMILES string of the molecule is CC(=O)c1ccc(NC(=O)/C(C)=C\C(=O)Nc2ccc(Cl)cc2Cl)cc1. The molecule has 0 aliphatic carbocycles. The minimum absolute atomic E-state index is 0.0588. The zero-order valence-electron chi connectivity index (χ0n) is 14.1. The molecule has 2 amide bonds. The van der Waals surface area contributed by atoms with Crippen LogP contribution in [0.4, 0.5) is 11.4 Å². The maximum atomic E-state index is 12.2. The van der Waals surface area contributed by atoms with E-state index in [0.29, 0.717) is 27.0 Å². The Bertz CT molecular complexity index is 890. The van der Waals surface area contributed by atoms with E-state index in [2.05, 4.69) is 10.6 Å². The van der Waals surface area contributed by atoms with Gasteiger partial charge in [0.05, 0.1) is 10.7 Å². The zero-order valence-corrected chi connectivity index (χ0v) is 15.6. The molecular weight excluding hydrogens is 375 g/mol. The van der Waals surface area contributed by atoms with Crippen molar-refractivity contribution in [1.29, 1.82) is 0 Å². The molecule has 0 atom stereocenters. The number of benzene rings is 2. The third kappa shape index (κ3) is 5.44. The fraction of sp³-hybridized carbons (Fsp3) is 0.105. The van der Waals surface area contributed by atoms with Gasteiger partial charge in [0.2, 0.25) is 5.91 Å². The number of carbonyl (C=O) groups is 3. The van der Waals surface area contributed by atoms with Gasteiger partial charge in [-0.3, -0.25) is 14.4 Å². The predicted octanol–water partition coefficient (Wildman–Crippen LogP) is 4.72. The van der Waals surface area contributed by atoms with E-state index in [1.54, 1.807) is 36.4 Å². The highest BCUT2D eigenvalue weighted by molar-refractivity contribution is 6.36. The lowest BCUT2D eigenvalue weighted by Crippen LogP contribution is -2.16. The Hall–Kier alpha value is -2.63. The second-order valence-electron chi connectivity index (χ2n) is 5.53. The van der Waals surface area contributed by atoms with E-state index in [9.17, 15) is 14.4 Å². The lowest BCUT2D eigenvalue weighted by Gasteiger charge is -2.07. The van der Waals surface area contributed by atoms with E-state index in [4.69, 9.17) is 23.2 Å². The zero-order chi connectivity index (χ0) is 19.3. The van der Waals surface area contributed by atoms with Crippen molar-refractivity contribution < 1.29 is 14.4 Å². The van der Waals surface area contributed by atoms with Crippen LogP contribution in [0.3, 0.4) is 0 Å². The number of amides is 2. The second-order valence-corrected chi connectivity index (χ2v) is 6.37. The number of rotatable bonds is 5. The molecule has 134 valence electrons. The first-order valence-electron chi connectivity index (χ1n) is 7.63. The molecule has 0 spiro atoms. The standard InChI is InChI=1S/C19H16Cl2N2O3/c1-11(9-18(25)23-17-8-5-14(20)10-16(17)21)19(26)22-15-6-3-13(4-7-15)12(2)24/h3-10H,1-2H3,(H,22,26)(H,23,25)/b11-9-. The van der Waals surface area contributed by atoms with E-state index >= 15 is 0 Å². The Balaban J connectivity index is 2.01. The monoisotopic (exact) mass is 390 g/mol. The summed E-state index contributed by atoms with van der Waals surface area (Å²) in [6, 6.07) is 11.1. The Morgan fingerprint density at radius 1 is 0.923 bits per heavy atom. The van der Waals surface area contributed by atoms with Crippen LogP contribution < -0.4 is 10.6 Å². The summed E-state index contributed by atoms with van der Waals surface area (Å²) < 4.78 is 0. The molecule has 2 aromatic carbocycles. The molecule has 0 aliphatic heterocycles. The van der Waals surface area contributed by atoms with Crippen molar-refractivity contribution in [3.8, 4) is 0 Å². The maximum absolute atomic E-state index is 12.2. The van der Waals surface area contributed by atoms with Crippen LogP contribution in [0, 0.1) is 0 Å². The van der Waals surface area contributed by atoms with Gasteiger partial charge in [0.15, 0.2) is 5.78 Å². The van der Waals surface area contributed by atoms with Gasteiger partial charge in [-0.25, -0.2) is 0 Å². The van der Waals surface area contributed by atoms with E-state index in [1.165, 1.54) is 26.0 Å². The van der Waals surface area contributed by atoms with Crippen molar-refractivity contribution in [2.75, 3.05) is 10.6 Å². The van der Waals surface area contributed by atoms with Gasteiger partial charge >= 0.3 is 0 Å². The fourth-order valence-electron chi connectivity index (χ4n) is 2.04. The average Bonchev–Trinajstić information content (AvgIpc) is 2.57. The summed E-state index contributed by atoms with van der Waals surface area (Å²) in [6.45, 7) is 2.98. The van der Waals surface area contributed by atoms with Crippen LogP contribution in [-0.2, 0) is 9.59 Å². The van der Waals surface area contributed by atoms with Crippen molar-refractivity contribution in [2.24, 2.45) is 0 Å². The summed E-state index contributed by atoms with van der Waals surface area (Å²) in [5, 5.41) is 5.99. The van der Waals surface area contributed by atoms with Crippen molar-refractivity contribution in [3.05, 3.63) is 69.7 Å². The van der Waals surface area contributed by atoms with Crippen LogP contribution in [0.2, 0.25) is 10.0 Å². The molecule has 26 heavy (non-hydrogen) atoms. The number of anilines is 2. The molecule has 0 aliphatic rings. The highest BCUT2D eigenvalue weighted by atomic mass is 35.5. The van der Waals surface area contributed by atoms with Crippen LogP contribution >= 0.6 is 23.2 Å². The van der Waals surface area contributed by atoms with Gasteiger partial charge in [-0.1, -0.05) is 23.2 Å². The summed E-state index contributed by atoms with van der Waals surface area (Å²) in [4.78, 5) is 35.4. The molecule has 0 bridgehead atoms. The molecule has 2 rings (SSSR count). The molecule has 7 heteroatoms. The van der Waals surface area contributed by atoms with Crippen LogP contribution in [0.1, 0.15) is 24.2 Å². The molecule has 0 aromatic heterocycles. The second kappa shape index (κ2) is 8.65. The van der Waals surface area contributed by atoms with Crippen molar-refractivity contribution in [2.45, 2.75) is 13.8 Å². The quantitative estimate of drug-likeness (QED) is 0.572. The molecule has 2 aromatic rings. The smallest absolute Gasteiger partial charge is 0.251 e. The Morgan fingerprint density at radius 3 is 2.15 bits per heavy atom. The highest BCUT2D eigenvalue weighted by Gasteiger charge is 2.09. The summed E-state index contributed by atoms with van der Waals surface area (Å²) >= 11 is 11.8. The van der Waals surface area contributed by atoms with Crippen molar-refractivity contribution >= 4 is 52.2 Å². The van der Waals surface area contributed by atoms with Crippen molar-refractivity contribution in [1.82, 2.24) is 0 Å². The van der Waals surface area contributed by atoms with Gasteiger partial charge in [-0.15, -0.1) is 0 Å². The Labute approximate surface area is 161 Å². The normalized spacial score (nSPS) is 11.0. The van der Waals surface area contributed by atoms with Crippen LogP contribution in [-0.4, -0.2) is 17.6 Å². The van der Waals surface area contributed by atoms with Crippen LogP contribution in [0.15, 0.2) is 54.1 Å². The lowest BCUT2D eigenvalue weighted by molar-refractivity contribution is -0.114. The molecule has 0 unspecified atom stereocenters. The van der Waals surface area contributed by atoms with Gasteiger partial charge in [-0.05, 0) is 56.3 Å². The minimum Gasteiger partial charge on any atom is -0.322 e. The summed E-state index contributed by atoms with van der Waals surface area (Å²) in [5.74, 6) is -0.983. The van der Waals surface area contributed by atoms with Gasteiger partial charge in [0.1, 0.15) is 0 Å². The first kappa shape index (κ1) is 19.7. The molecule has 0 saturated carbocycles. The summed E-state index contributed by atoms with van der Waals surface area (Å²) in [7, 11) is 0. The lowest BCUT2D eigenvalue weighted by atomic mass is 10.1. The first-order chi connectivity index (χ1) is 12.3. The van der Waals surface area contributed by atoms with Crippen LogP contribution in [0.25, 0.3) is 0 Å². The highest BCUT2D eigenvalue weighted by Crippen LogP contribution is 2.25. The number of hydrogen-bond acceptors (Lipinski definition) is 3. The van der Waals surface area contributed by atoms with E-state index in [1.807, 2.05) is 0 Å². The van der Waals surface area contributed by atoms with E-state index in [-0.39, 0.29) is 11.4 Å². The Morgan fingerprint density at radius 2 is 1.58 bits per heavy atom. The summed E-state index contributed by atoms with van der Waals surface area (Å²) in [6.07, 6.45) is 1.17. The third-order valence-corrected chi connectivity index (χ3v) is 3.99. The minimum atomic E-state index is -0.492. The molecule has 0 heterocycles. The molecule has 0 saturated heterocycles. The predicted molar refractivity (Wildman–Crippen MR) is 104 cm³/mol. The van der Waals surface area contributed by atoms with Gasteiger partial charge < -0.3 is 10.6 Å².